The van der Waals surface area contributed by atoms with Crippen LogP contribution in [0.2, 0.25) is 0 Å². The van der Waals surface area contributed by atoms with Crippen molar-refractivity contribution in [2.24, 2.45) is 7.05 Å². The molecule has 0 unspecified atom stereocenters. The average molecular weight is 516 g/mol. The molecule has 0 spiro atoms. The second kappa shape index (κ2) is 8.94. The number of anilines is 2. The van der Waals surface area contributed by atoms with Gasteiger partial charge < -0.3 is 19.5 Å². The first-order valence-corrected chi connectivity index (χ1v) is 11.9. The number of aryl methyl sites for hydroxylation is 1. The zero-order valence-corrected chi connectivity index (χ0v) is 20.6. The number of rotatable bonds is 6. The first kappa shape index (κ1) is 23.6. The largest absolute Gasteiger partial charge is 0.495 e. The number of fused-ring (bicyclic) bond motifs is 1. The van der Waals surface area contributed by atoms with Gasteiger partial charge in [-0.1, -0.05) is 18.2 Å². The number of ether oxygens (including phenoxy) is 1. The second-order valence-electron chi connectivity index (χ2n) is 9.17. The van der Waals surface area contributed by atoms with Gasteiger partial charge in [0.1, 0.15) is 17.3 Å². The van der Waals surface area contributed by atoms with E-state index in [1.807, 2.05) is 42.6 Å². The maximum atomic E-state index is 13.3. The summed E-state index contributed by atoms with van der Waals surface area (Å²) in [5.41, 5.74) is 4.52. The molecule has 1 saturated heterocycles. The van der Waals surface area contributed by atoms with E-state index >= 15 is 0 Å². The van der Waals surface area contributed by atoms with Crippen LogP contribution >= 0.6 is 0 Å². The third kappa shape index (κ3) is 4.21. The number of H-pyrrole nitrogens is 1. The summed E-state index contributed by atoms with van der Waals surface area (Å²) in [4.78, 5) is 23.0. The molecule has 38 heavy (non-hydrogen) atoms. The lowest BCUT2D eigenvalue weighted by Crippen LogP contribution is -2.58. The number of alkyl halides is 2. The summed E-state index contributed by atoms with van der Waals surface area (Å²) < 4.78 is 33.8. The first-order valence-electron chi connectivity index (χ1n) is 11.9. The number of hydrogen-bond donors (Lipinski definition) is 2. The Balaban J connectivity index is 1.27. The van der Waals surface area contributed by atoms with Crippen molar-refractivity contribution in [2.45, 2.75) is 5.92 Å². The Morgan fingerprint density at radius 2 is 1.89 bits per heavy atom. The van der Waals surface area contributed by atoms with Gasteiger partial charge in [-0.15, -0.1) is 0 Å². The third-order valence-corrected chi connectivity index (χ3v) is 6.61. The fourth-order valence-corrected chi connectivity index (χ4v) is 4.58. The number of halogens is 2. The van der Waals surface area contributed by atoms with Crippen molar-refractivity contribution in [1.82, 2.24) is 29.6 Å². The minimum absolute atomic E-state index is 0.356. The minimum Gasteiger partial charge on any atom is -0.495 e. The summed E-state index contributed by atoms with van der Waals surface area (Å²) in [7, 11) is 3.35. The fraction of sp³-hybridized carbons (Fsp3) is 0.185. The average Bonchev–Trinajstić information content (AvgIpc) is 3.56. The Hall–Kier alpha value is -4.80. The molecule has 2 aromatic carbocycles. The van der Waals surface area contributed by atoms with Crippen LogP contribution in [-0.2, 0) is 7.05 Å². The molecule has 0 saturated carbocycles. The molecule has 4 heterocycles. The van der Waals surface area contributed by atoms with E-state index in [9.17, 15) is 13.6 Å². The maximum Gasteiger partial charge on any atom is 0.282 e. The number of hydrogen-bond acceptors (Lipinski definition) is 6. The van der Waals surface area contributed by atoms with Crippen LogP contribution < -0.4 is 10.1 Å². The minimum atomic E-state index is -2.81. The van der Waals surface area contributed by atoms with Crippen molar-refractivity contribution in [2.75, 3.05) is 25.5 Å². The summed E-state index contributed by atoms with van der Waals surface area (Å²) in [6, 6.07) is 14.9. The van der Waals surface area contributed by atoms with Crippen LogP contribution in [0.25, 0.3) is 33.4 Å². The monoisotopic (exact) mass is 515 g/mol. The van der Waals surface area contributed by atoms with Gasteiger partial charge in [0.2, 0.25) is 0 Å². The molecule has 0 atom stereocenters. The lowest BCUT2D eigenvalue weighted by atomic mass is 10.1. The van der Waals surface area contributed by atoms with Crippen molar-refractivity contribution in [1.29, 1.82) is 0 Å². The fourth-order valence-electron chi connectivity index (χ4n) is 4.58. The lowest BCUT2D eigenvalue weighted by Gasteiger charge is -2.38. The predicted octanol–water partition coefficient (Wildman–Crippen LogP) is 4.87. The number of carbonyl (C=O) groups is 1. The van der Waals surface area contributed by atoms with Gasteiger partial charge in [0, 0.05) is 41.5 Å². The summed E-state index contributed by atoms with van der Waals surface area (Å²) in [6.07, 6.45) is 5.21. The number of carbonyl (C=O) groups excluding carboxylic acids is 1. The number of likely N-dealkylation sites (tertiary alicyclic amines) is 1. The van der Waals surface area contributed by atoms with Crippen LogP contribution in [0, 0.1) is 0 Å². The van der Waals surface area contributed by atoms with Crippen LogP contribution in [0.1, 0.15) is 10.5 Å². The normalized spacial score (nSPS) is 14.4. The summed E-state index contributed by atoms with van der Waals surface area (Å²) >= 11 is 0. The summed E-state index contributed by atoms with van der Waals surface area (Å²) in [6.45, 7) is -1.10. The molecule has 0 bridgehead atoms. The first-order chi connectivity index (χ1) is 18.3. The number of amides is 1. The molecule has 1 aliphatic heterocycles. The summed E-state index contributed by atoms with van der Waals surface area (Å²) in [5, 5.41) is 10.9. The van der Waals surface area contributed by atoms with E-state index in [1.54, 1.807) is 43.3 Å². The van der Waals surface area contributed by atoms with Crippen molar-refractivity contribution < 1.29 is 18.3 Å². The van der Waals surface area contributed by atoms with E-state index in [2.05, 4.69) is 25.5 Å². The Labute approximate surface area is 216 Å². The van der Waals surface area contributed by atoms with Gasteiger partial charge in [0.25, 0.3) is 11.8 Å². The molecule has 0 radical (unpaired) electrons. The number of aromatic nitrogens is 5. The van der Waals surface area contributed by atoms with Crippen molar-refractivity contribution in [3.63, 3.8) is 0 Å². The van der Waals surface area contributed by atoms with Crippen LogP contribution in [0.5, 0.6) is 5.75 Å². The number of aromatic amines is 1. The molecule has 9 nitrogen and oxygen atoms in total. The van der Waals surface area contributed by atoms with Crippen molar-refractivity contribution >= 4 is 28.3 Å². The molecule has 1 aliphatic rings. The quantitative estimate of drug-likeness (QED) is 0.335. The van der Waals surface area contributed by atoms with Crippen molar-refractivity contribution in [3.05, 3.63) is 72.8 Å². The molecule has 2 N–H and O–H groups in total. The lowest BCUT2D eigenvalue weighted by molar-refractivity contribution is -0.113. The van der Waals surface area contributed by atoms with E-state index in [-0.39, 0.29) is 0 Å². The van der Waals surface area contributed by atoms with E-state index in [0.29, 0.717) is 23.1 Å². The van der Waals surface area contributed by atoms with Crippen LogP contribution in [0.3, 0.4) is 0 Å². The highest BCUT2D eigenvalue weighted by Crippen LogP contribution is 2.33. The topological polar surface area (TPSA) is 101 Å². The molecule has 5 aromatic rings. The van der Waals surface area contributed by atoms with Gasteiger partial charge in [0.05, 0.1) is 32.1 Å². The Bertz CT molecular complexity index is 1660. The molecule has 0 aliphatic carbocycles. The number of methoxy groups -OCH3 is 1. The zero-order valence-electron chi connectivity index (χ0n) is 20.6. The van der Waals surface area contributed by atoms with Crippen LogP contribution in [-0.4, -0.2) is 61.7 Å². The van der Waals surface area contributed by atoms with E-state index < -0.39 is 24.9 Å². The maximum absolute atomic E-state index is 13.3. The highest BCUT2D eigenvalue weighted by molar-refractivity contribution is 6.00. The Morgan fingerprint density at radius 3 is 2.63 bits per heavy atom. The van der Waals surface area contributed by atoms with Crippen LogP contribution in [0.4, 0.5) is 20.3 Å². The molecular formula is C27H23F2N7O2. The number of nitrogens with zero attached hydrogens (tertiary/aromatic N) is 5. The molecule has 6 rings (SSSR count). The van der Waals surface area contributed by atoms with E-state index in [4.69, 9.17) is 4.74 Å². The highest BCUT2D eigenvalue weighted by Gasteiger charge is 2.46. The standard InChI is InChI=1S/C27H23F2N7O2/c1-35-21-10-18(4-3-17(21)9-22(35)26(37)36-14-27(28,29)15-36)25-30-8-7-24(34-25)33-20-6-5-16(11-23(20)38-2)19-12-31-32-13-19/h3-13H,14-15H2,1-2H3,(H,31,32)(H,30,33,34). The van der Waals surface area contributed by atoms with Crippen molar-refractivity contribution in [3.8, 4) is 28.3 Å². The van der Waals surface area contributed by atoms with Crippen LogP contribution in [0.15, 0.2) is 67.1 Å². The van der Waals surface area contributed by atoms with E-state index in [1.165, 1.54) is 0 Å². The van der Waals surface area contributed by atoms with Gasteiger partial charge in [-0.2, -0.15) is 5.10 Å². The number of benzene rings is 2. The highest BCUT2D eigenvalue weighted by atomic mass is 19.3. The summed E-state index contributed by atoms with van der Waals surface area (Å²) in [5.74, 6) is -1.51. The van der Waals surface area contributed by atoms with Gasteiger partial charge in [-0.3, -0.25) is 9.89 Å². The Morgan fingerprint density at radius 1 is 1.08 bits per heavy atom. The number of nitrogens with one attached hydrogen (secondary N) is 2. The molecule has 1 amide bonds. The molecule has 11 heteroatoms. The molecule has 3 aromatic heterocycles. The van der Waals surface area contributed by atoms with Gasteiger partial charge >= 0.3 is 0 Å². The van der Waals surface area contributed by atoms with Gasteiger partial charge in [-0.25, -0.2) is 18.7 Å². The molecule has 1 fully saturated rings. The van der Waals surface area contributed by atoms with Gasteiger partial charge in [0.15, 0.2) is 5.82 Å². The second-order valence-corrected chi connectivity index (χ2v) is 9.17. The molecular weight excluding hydrogens is 492 g/mol. The van der Waals surface area contributed by atoms with E-state index in [0.717, 1.165) is 38.2 Å². The Kier molecular flexibility index (Phi) is 5.55. The zero-order chi connectivity index (χ0) is 26.4. The molecule has 192 valence electrons. The van der Waals surface area contributed by atoms with Gasteiger partial charge in [-0.05, 0) is 35.9 Å². The third-order valence-electron chi connectivity index (χ3n) is 6.61. The predicted molar refractivity (Wildman–Crippen MR) is 139 cm³/mol. The SMILES string of the molecule is COc1cc(-c2cn[nH]c2)ccc1Nc1ccnc(-c2ccc3cc(C(=O)N4CC(F)(F)C4)n(C)c3c2)n1. The smallest absolute Gasteiger partial charge is 0.282 e.